The van der Waals surface area contributed by atoms with Gasteiger partial charge in [0.25, 0.3) is 0 Å². The predicted octanol–water partition coefficient (Wildman–Crippen LogP) is 10.8. The van der Waals surface area contributed by atoms with Crippen LogP contribution in [0.25, 0.3) is 39.6 Å². The van der Waals surface area contributed by atoms with Gasteiger partial charge in [0, 0.05) is 11.1 Å². The molecule has 1 heterocycles. The molecule has 210 valence electrons. The minimum absolute atomic E-state index is 0.343. The molecular weight excluding hydrogens is 498 g/mol. The van der Waals surface area contributed by atoms with Crippen molar-refractivity contribution in [3.8, 4) is 39.6 Å². The first kappa shape index (κ1) is 28.5. The highest BCUT2D eigenvalue weighted by molar-refractivity contribution is 5.74. The zero-order chi connectivity index (χ0) is 29.3. The maximum absolute atomic E-state index is 4.96. The highest BCUT2D eigenvalue weighted by atomic mass is 15.3. The fourth-order valence-electron chi connectivity index (χ4n) is 5.58. The predicted molar refractivity (Wildman–Crippen MR) is 174 cm³/mol. The molecule has 0 fully saturated rings. The van der Waals surface area contributed by atoms with E-state index >= 15 is 0 Å². The van der Waals surface area contributed by atoms with Crippen LogP contribution in [-0.4, -0.2) is 14.8 Å². The molecule has 0 saturated heterocycles. The Morgan fingerprint density at radius 3 is 1.46 bits per heavy atom. The van der Waals surface area contributed by atoms with Crippen LogP contribution in [0.4, 0.5) is 0 Å². The van der Waals surface area contributed by atoms with Crippen LogP contribution >= 0.6 is 0 Å². The van der Waals surface area contributed by atoms with Gasteiger partial charge in [0.05, 0.1) is 5.69 Å². The molecule has 0 unspecified atom stereocenters. The second-order valence-corrected chi connectivity index (χ2v) is 12.4. The summed E-state index contributed by atoms with van der Waals surface area (Å²) < 4.78 is 2.35. The number of hydrogen-bond acceptors (Lipinski definition) is 2. The van der Waals surface area contributed by atoms with Gasteiger partial charge in [-0.1, -0.05) is 128 Å². The van der Waals surface area contributed by atoms with E-state index in [1.807, 2.05) is 0 Å². The van der Waals surface area contributed by atoms with E-state index in [9.17, 15) is 0 Å². The van der Waals surface area contributed by atoms with Gasteiger partial charge in [-0.15, -0.1) is 10.2 Å². The molecule has 3 heteroatoms. The molecule has 5 rings (SSSR count). The van der Waals surface area contributed by atoms with Crippen molar-refractivity contribution < 1.29 is 0 Å². The van der Waals surface area contributed by atoms with Gasteiger partial charge in [0.2, 0.25) is 0 Å². The Hall–Kier alpha value is -3.98. The molecule has 0 aliphatic heterocycles. The van der Waals surface area contributed by atoms with Crippen LogP contribution in [0.2, 0.25) is 0 Å². The molecule has 0 radical (unpaired) electrons. The van der Waals surface area contributed by atoms with E-state index in [0.717, 1.165) is 22.8 Å². The highest BCUT2D eigenvalue weighted by Crippen LogP contribution is 2.39. The maximum Gasteiger partial charge on any atom is 0.168 e. The van der Waals surface area contributed by atoms with E-state index in [1.54, 1.807) is 0 Å². The zero-order valence-electron chi connectivity index (χ0n) is 25.8. The number of rotatable bonds is 8. The third kappa shape index (κ3) is 5.77. The average molecular weight is 542 g/mol. The number of aromatic nitrogens is 3. The van der Waals surface area contributed by atoms with Crippen LogP contribution < -0.4 is 0 Å². The van der Waals surface area contributed by atoms with Crippen molar-refractivity contribution in [2.75, 3.05) is 0 Å². The monoisotopic (exact) mass is 541 g/mol. The molecule has 4 aromatic carbocycles. The van der Waals surface area contributed by atoms with Crippen LogP contribution in [-0.2, 0) is 0 Å². The fourth-order valence-corrected chi connectivity index (χ4v) is 5.58. The maximum atomic E-state index is 4.96. The van der Waals surface area contributed by atoms with Gasteiger partial charge < -0.3 is 0 Å². The summed E-state index contributed by atoms with van der Waals surface area (Å²) in [6, 6.07) is 33.0. The van der Waals surface area contributed by atoms with Gasteiger partial charge in [-0.05, 0) is 75.3 Å². The minimum Gasteiger partial charge on any atom is -0.274 e. The van der Waals surface area contributed by atoms with E-state index in [1.165, 1.54) is 39.1 Å². The topological polar surface area (TPSA) is 30.7 Å². The molecular formula is C38H43N3. The van der Waals surface area contributed by atoms with Crippen molar-refractivity contribution in [3.63, 3.8) is 0 Å². The van der Waals surface area contributed by atoms with Crippen LogP contribution in [0, 0.1) is 0 Å². The third-order valence-electron chi connectivity index (χ3n) is 8.03. The lowest BCUT2D eigenvalue weighted by atomic mass is 9.91. The number of para-hydroxylation sites is 1. The average Bonchev–Trinajstić information content (AvgIpc) is 3.42. The lowest BCUT2D eigenvalue weighted by Crippen LogP contribution is -2.10. The molecule has 0 aliphatic carbocycles. The summed E-state index contributed by atoms with van der Waals surface area (Å²) in [5, 5.41) is 9.89. The SMILES string of the molecule is CC(C)c1cc(-c2nnc(-c3cccc(-c4ccccc4)c3)n2-c2c(C(C)C)cccc2C(C)C)cc(C(C)C)c1. The Kier molecular flexibility index (Phi) is 8.26. The van der Waals surface area contributed by atoms with Gasteiger partial charge in [0.15, 0.2) is 11.6 Å². The molecule has 0 aliphatic rings. The van der Waals surface area contributed by atoms with E-state index in [0.29, 0.717) is 23.7 Å². The lowest BCUT2D eigenvalue weighted by Gasteiger charge is -2.23. The van der Waals surface area contributed by atoms with E-state index in [2.05, 4.69) is 151 Å². The first-order valence-electron chi connectivity index (χ1n) is 15.0. The van der Waals surface area contributed by atoms with Crippen molar-refractivity contribution in [1.82, 2.24) is 14.8 Å². The fraction of sp³-hybridized carbons (Fsp3) is 0.316. The lowest BCUT2D eigenvalue weighted by molar-refractivity contribution is 0.807. The Labute approximate surface area is 246 Å². The van der Waals surface area contributed by atoms with E-state index in [4.69, 9.17) is 10.2 Å². The van der Waals surface area contributed by atoms with Crippen LogP contribution in [0.5, 0.6) is 0 Å². The molecule has 0 spiro atoms. The van der Waals surface area contributed by atoms with E-state index < -0.39 is 0 Å². The van der Waals surface area contributed by atoms with Crippen molar-refractivity contribution in [1.29, 1.82) is 0 Å². The zero-order valence-corrected chi connectivity index (χ0v) is 25.8. The summed E-state index contributed by atoms with van der Waals surface area (Å²) in [5.74, 6) is 3.28. The minimum atomic E-state index is 0.343. The van der Waals surface area contributed by atoms with Gasteiger partial charge >= 0.3 is 0 Å². The Morgan fingerprint density at radius 2 is 0.927 bits per heavy atom. The molecule has 5 aromatic rings. The summed E-state index contributed by atoms with van der Waals surface area (Å²) >= 11 is 0. The smallest absolute Gasteiger partial charge is 0.168 e. The number of hydrogen-bond donors (Lipinski definition) is 0. The van der Waals surface area contributed by atoms with Crippen molar-refractivity contribution in [2.24, 2.45) is 0 Å². The van der Waals surface area contributed by atoms with Crippen molar-refractivity contribution >= 4 is 0 Å². The normalized spacial score (nSPS) is 11.8. The quantitative estimate of drug-likeness (QED) is 0.196. The molecule has 0 N–H and O–H groups in total. The second kappa shape index (κ2) is 11.9. The Morgan fingerprint density at radius 1 is 0.439 bits per heavy atom. The Bertz CT molecular complexity index is 1590. The number of nitrogens with zero attached hydrogens (tertiary/aromatic N) is 3. The first-order valence-corrected chi connectivity index (χ1v) is 15.0. The number of benzene rings is 4. The molecule has 3 nitrogen and oxygen atoms in total. The largest absolute Gasteiger partial charge is 0.274 e. The molecule has 41 heavy (non-hydrogen) atoms. The molecule has 0 bridgehead atoms. The van der Waals surface area contributed by atoms with Crippen molar-refractivity contribution in [2.45, 2.75) is 79.1 Å². The first-order chi connectivity index (χ1) is 19.7. The summed E-state index contributed by atoms with van der Waals surface area (Å²) in [6.07, 6.45) is 0. The van der Waals surface area contributed by atoms with Gasteiger partial charge in [-0.3, -0.25) is 4.57 Å². The molecule has 0 atom stereocenters. The molecule has 0 amide bonds. The van der Waals surface area contributed by atoms with Gasteiger partial charge in [-0.25, -0.2) is 0 Å². The Balaban J connectivity index is 1.85. The summed E-state index contributed by atoms with van der Waals surface area (Å²) in [5.41, 5.74) is 11.0. The van der Waals surface area contributed by atoms with Crippen LogP contribution in [0.1, 0.15) is 101 Å². The van der Waals surface area contributed by atoms with E-state index in [-0.39, 0.29) is 0 Å². The summed E-state index contributed by atoms with van der Waals surface area (Å²) in [7, 11) is 0. The third-order valence-corrected chi connectivity index (χ3v) is 8.03. The van der Waals surface area contributed by atoms with Crippen LogP contribution in [0.15, 0.2) is 91.0 Å². The van der Waals surface area contributed by atoms with Gasteiger partial charge in [0.1, 0.15) is 0 Å². The van der Waals surface area contributed by atoms with Crippen molar-refractivity contribution in [3.05, 3.63) is 113 Å². The summed E-state index contributed by atoms with van der Waals surface area (Å²) in [6.45, 7) is 18.2. The van der Waals surface area contributed by atoms with Crippen LogP contribution in [0.3, 0.4) is 0 Å². The second-order valence-electron chi connectivity index (χ2n) is 12.4. The highest BCUT2D eigenvalue weighted by Gasteiger charge is 2.25. The summed E-state index contributed by atoms with van der Waals surface area (Å²) in [4.78, 5) is 0. The standard InChI is InChI=1S/C38H43N3/c1-24(2)31-21-32(25(3)4)23-33(22-31)38-40-39-37(30-17-12-16-29(20-30)28-14-10-9-11-15-28)41(38)36-34(26(5)6)18-13-19-35(36)27(7)8/h9-27H,1-8H3. The molecule has 1 aromatic heterocycles. The molecule has 0 saturated carbocycles. The van der Waals surface area contributed by atoms with Gasteiger partial charge in [-0.2, -0.15) is 0 Å².